The van der Waals surface area contributed by atoms with Crippen molar-refractivity contribution in [1.82, 2.24) is 15.1 Å². The predicted octanol–water partition coefficient (Wildman–Crippen LogP) is 2.37. The molecule has 1 N–H and O–H groups in total. The summed E-state index contributed by atoms with van der Waals surface area (Å²) in [5, 5.41) is 4.96. The van der Waals surface area contributed by atoms with Crippen LogP contribution in [0.3, 0.4) is 0 Å². The lowest BCUT2D eigenvalue weighted by molar-refractivity contribution is -0.144. The van der Waals surface area contributed by atoms with Gasteiger partial charge in [0.25, 0.3) is 5.91 Å². The smallest absolute Gasteiger partial charge is 0.252 e. The van der Waals surface area contributed by atoms with E-state index >= 15 is 0 Å². The van der Waals surface area contributed by atoms with Gasteiger partial charge in [-0.05, 0) is 49.9 Å². The van der Waals surface area contributed by atoms with Crippen LogP contribution in [0.15, 0.2) is 59.5 Å². The molecule has 0 radical (unpaired) electrons. The Morgan fingerprint density at radius 2 is 1.38 bits per heavy atom. The van der Waals surface area contributed by atoms with Crippen LogP contribution in [0.1, 0.15) is 36.0 Å². The summed E-state index contributed by atoms with van der Waals surface area (Å²) < 4.78 is 0. The molecule has 37 heavy (non-hydrogen) atoms. The van der Waals surface area contributed by atoms with E-state index in [1.807, 2.05) is 23.6 Å². The van der Waals surface area contributed by atoms with Gasteiger partial charge < -0.3 is 5.32 Å². The molecule has 9 heteroatoms. The summed E-state index contributed by atoms with van der Waals surface area (Å²) in [4.78, 5) is 72.8. The van der Waals surface area contributed by atoms with Crippen LogP contribution in [0.4, 0.5) is 0 Å². The molecule has 7 rings (SSSR count). The summed E-state index contributed by atoms with van der Waals surface area (Å²) in [7, 11) is 0. The summed E-state index contributed by atoms with van der Waals surface area (Å²) >= 11 is 1.42. The zero-order valence-electron chi connectivity index (χ0n) is 20.8. The molecule has 190 valence electrons. The normalized spacial score (nSPS) is 34.1. The molecular formula is C28H27N3O5S. The molecule has 1 saturated carbocycles. The van der Waals surface area contributed by atoms with Gasteiger partial charge >= 0.3 is 0 Å². The lowest BCUT2D eigenvalue weighted by Crippen LogP contribution is -2.75. The van der Waals surface area contributed by atoms with E-state index < -0.39 is 52.3 Å². The number of rotatable bonds is 5. The van der Waals surface area contributed by atoms with Crippen LogP contribution < -0.4 is 5.32 Å². The second-order valence-electron chi connectivity index (χ2n) is 10.2. The minimum atomic E-state index is -1.51. The number of nitrogens with one attached hydrogen (secondary N) is 1. The highest BCUT2D eigenvalue weighted by Crippen LogP contribution is 2.68. The van der Waals surface area contributed by atoms with Gasteiger partial charge in [-0.1, -0.05) is 30.3 Å². The Balaban J connectivity index is 1.67. The Bertz CT molecular complexity index is 1330. The average molecular weight is 518 g/mol. The van der Waals surface area contributed by atoms with Gasteiger partial charge in [-0.15, -0.1) is 11.3 Å². The van der Waals surface area contributed by atoms with Crippen molar-refractivity contribution in [3.63, 3.8) is 0 Å². The summed E-state index contributed by atoms with van der Waals surface area (Å²) in [6.45, 7) is 5.62. The van der Waals surface area contributed by atoms with Crippen molar-refractivity contribution in [3.05, 3.63) is 69.9 Å². The average Bonchev–Trinajstić information content (AvgIpc) is 3.59. The summed E-state index contributed by atoms with van der Waals surface area (Å²) in [5.41, 5.74) is -1.66. The number of carbonyl (C=O) groups excluding carboxylic acids is 5. The maximum atomic E-state index is 14.0. The number of thiophene rings is 1. The highest BCUT2D eigenvalue weighted by Gasteiger charge is 2.81. The molecule has 3 aliphatic carbocycles. The van der Waals surface area contributed by atoms with Crippen LogP contribution >= 0.6 is 11.3 Å². The molecule has 2 saturated heterocycles. The number of hydrogen-bond acceptors (Lipinski definition) is 6. The van der Waals surface area contributed by atoms with Crippen molar-refractivity contribution in [2.75, 3.05) is 13.1 Å². The standard InChI is InChI=1S/C28H27N3O5S/c1-4-30-23(33)18-20(25(30)35)28(29-22(32)16-10-7-6-8-11-16)15(3)14-27(18,17-12-9-13-37-17)19-21(28)26(36)31(5-2)24(19)34/h6-14,18-21H,4-5H2,1-3H3,(H,29,32)/t18-,19+,20+,21-,27?,28?. The lowest BCUT2D eigenvalue weighted by atomic mass is 9.41. The van der Waals surface area contributed by atoms with E-state index in [1.165, 1.54) is 21.1 Å². The third-order valence-corrected chi connectivity index (χ3v) is 9.89. The van der Waals surface area contributed by atoms with Gasteiger partial charge in [0.15, 0.2) is 0 Å². The molecule has 2 aromatic rings. The number of imide groups is 2. The Morgan fingerprint density at radius 3 is 1.86 bits per heavy atom. The monoisotopic (exact) mass is 517 g/mol. The molecule has 1 aromatic heterocycles. The second kappa shape index (κ2) is 7.95. The van der Waals surface area contributed by atoms with Crippen molar-refractivity contribution in [3.8, 4) is 0 Å². The first-order valence-corrected chi connectivity index (χ1v) is 13.5. The molecule has 8 nitrogen and oxygen atoms in total. The molecule has 2 unspecified atom stereocenters. The number of nitrogens with zero attached hydrogens (tertiary/aromatic N) is 2. The van der Waals surface area contributed by atoms with E-state index in [-0.39, 0.29) is 24.9 Å². The van der Waals surface area contributed by atoms with Crippen molar-refractivity contribution < 1.29 is 24.0 Å². The minimum Gasteiger partial charge on any atom is -0.341 e. The third-order valence-electron chi connectivity index (χ3n) is 8.85. The maximum Gasteiger partial charge on any atom is 0.252 e. The highest BCUT2D eigenvalue weighted by atomic mass is 32.1. The minimum absolute atomic E-state index is 0.172. The van der Waals surface area contributed by atoms with Crippen molar-refractivity contribution in [1.29, 1.82) is 0 Å². The highest BCUT2D eigenvalue weighted by molar-refractivity contribution is 7.10. The molecule has 1 aromatic carbocycles. The van der Waals surface area contributed by atoms with E-state index in [0.29, 0.717) is 11.1 Å². The van der Waals surface area contributed by atoms with Crippen LogP contribution in [0, 0.1) is 23.7 Å². The third kappa shape index (κ3) is 2.70. The zero-order valence-corrected chi connectivity index (χ0v) is 21.6. The van der Waals surface area contributed by atoms with Crippen molar-refractivity contribution in [2.24, 2.45) is 23.7 Å². The Labute approximate surface area is 218 Å². The van der Waals surface area contributed by atoms with Crippen molar-refractivity contribution in [2.45, 2.75) is 31.7 Å². The van der Waals surface area contributed by atoms with E-state index in [9.17, 15) is 24.0 Å². The summed E-state index contributed by atoms with van der Waals surface area (Å²) in [6.07, 6.45) is 1.90. The molecule has 0 spiro atoms. The van der Waals surface area contributed by atoms with Crippen LogP contribution in [-0.4, -0.2) is 58.0 Å². The fourth-order valence-corrected chi connectivity index (χ4v) is 8.48. The number of benzene rings is 1. The SMILES string of the molecule is CCN1C(=O)[C@@H]2[C@H](C1=O)C1(NC(=O)c3ccccc3)C(C)=CC2(c2cccs2)[C@H]2C(=O)N(CC)C(=O)[C@H]21. The van der Waals surface area contributed by atoms with E-state index in [2.05, 4.69) is 5.32 Å². The van der Waals surface area contributed by atoms with Gasteiger partial charge in [-0.3, -0.25) is 33.8 Å². The number of likely N-dealkylation sites (tertiary alicyclic amines) is 2. The van der Waals surface area contributed by atoms with Gasteiger partial charge in [-0.2, -0.15) is 0 Å². The van der Waals surface area contributed by atoms with Crippen LogP contribution in [0.25, 0.3) is 0 Å². The van der Waals surface area contributed by atoms with Crippen molar-refractivity contribution >= 4 is 40.9 Å². The first-order chi connectivity index (χ1) is 17.8. The van der Waals surface area contributed by atoms with E-state index in [4.69, 9.17) is 0 Å². The quantitative estimate of drug-likeness (QED) is 0.485. The lowest BCUT2D eigenvalue weighted by Gasteiger charge is -2.61. The van der Waals surface area contributed by atoms with E-state index in [1.54, 1.807) is 51.1 Å². The number of allylic oxidation sites excluding steroid dienone is 1. The first-order valence-electron chi connectivity index (χ1n) is 12.6. The molecule has 2 aliphatic heterocycles. The molecule has 5 amide bonds. The van der Waals surface area contributed by atoms with Crippen LogP contribution in [0.2, 0.25) is 0 Å². The number of hydrogen-bond donors (Lipinski definition) is 1. The van der Waals surface area contributed by atoms with Gasteiger partial charge in [-0.25, -0.2) is 0 Å². The Kier molecular flexibility index (Phi) is 5.11. The first kappa shape index (κ1) is 23.8. The molecule has 2 bridgehead atoms. The Hall–Kier alpha value is -3.59. The topological polar surface area (TPSA) is 104 Å². The fourth-order valence-electron chi connectivity index (χ4n) is 7.50. The van der Waals surface area contributed by atoms with Gasteiger partial charge in [0.1, 0.15) is 0 Å². The summed E-state index contributed by atoms with van der Waals surface area (Å²) in [5.74, 6) is -5.82. The van der Waals surface area contributed by atoms with Crippen LogP contribution in [0.5, 0.6) is 0 Å². The number of carbonyl (C=O) groups is 5. The van der Waals surface area contributed by atoms with Crippen LogP contribution in [-0.2, 0) is 24.6 Å². The maximum absolute atomic E-state index is 14.0. The van der Waals surface area contributed by atoms with Gasteiger partial charge in [0.2, 0.25) is 23.6 Å². The zero-order chi connectivity index (χ0) is 26.3. The molecular weight excluding hydrogens is 490 g/mol. The predicted molar refractivity (Wildman–Crippen MR) is 135 cm³/mol. The van der Waals surface area contributed by atoms with Gasteiger partial charge in [0.05, 0.1) is 29.2 Å². The van der Waals surface area contributed by atoms with E-state index in [0.717, 1.165) is 4.88 Å². The molecule has 3 fully saturated rings. The van der Waals surface area contributed by atoms with Gasteiger partial charge in [0, 0.05) is 28.9 Å². The molecule has 3 heterocycles. The molecule has 6 atom stereocenters. The largest absolute Gasteiger partial charge is 0.341 e. The number of amides is 5. The Morgan fingerprint density at radius 1 is 0.838 bits per heavy atom. The second-order valence-corrected chi connectivity index (χ2v) is 11.1. The fraction of sp³-hybridized carbons (Fsp3) is 0.393. The summed E-state index contributed by atoms with van der Waals surface area (Å²) in [6, 6.07) is 12.3. The molecule has 5 aliphatic rings.